The third-order valence-corrected chi connectivity index (χ3v) is 3.54. The van der Waals surface area contributed by atoms with E-state index < -0.39 is 0 Å². The molecule has 90 valence electrons. The Kier molecular flexibility index (Phi) is 3.55. The number of nitrogens with two attached hydrogens (primary N) is 1. The van der Waals surface area contributed by atoms with Gasteiger partial charge in [0.15, 0.2) is 5.82 Å². The maximum Gasteiger partial charge on any atom is 0.257 e. The molecule has 0 aliphatic rings. The van der Waals surface area contributed by atoms with Crippen molar-refractivity contribution in [1.29, 1.82) is 0 Å². The van der Waals surface area contributed by atoms with Crippen LogP contribution in [0.5, 0.6) is 0 Å². The molecule has 0 unspecified atom stereocenters. The van der Waals surface area contributed by atoms with Crippen LogP contribution in [-0.2, 0) is 6.54 Å². The van der Waals surface area contributed by atoms with Gasteiger partial charge in [0.05, 0.1) is 17.7 Å². The average Bonchev–Trinajstić information content (AvgIpc) is 2.95. The molecule has 0 saturated carbocycles. The highest BCUT2D eigenvalue weighted by Crippen LogP contribution is 2.26. The zero-order chi connectivity index (χ0) is 12.3. The monoisotopic (exact) mass is 269 g/mol. The van der Waals surface area contributed by atoms with Crippen molar-refractivity contribution < 1.29 is 4.79 Å². The van der Waals surface area contributed by atoms with Gasteiger partial charge in [-0.15, -0.1) is 11.3 Å². The Hall–Kier alpha value is -1.67. The summed E-state index contributed by atoms with van der Waals surface area (Å²) in [6.07, 6.45) is 0. The first-order valence-electron chi connectivity index (χ1n) is 4.80. The van der Waals surface area contributed by atoms with Crippen LogP contribution in [0.15, 0.2) is 10.9 Å². The maximum absolute atomic E-state index is 11.6. The molecule has 0 fully saturated rings. The van der Waals surface area contributed by atoms with E-state index in [2.05, 4.69) is 20.0 Å². The SMILES string of the molecule is CNC(=O)c1c(N)nsc1NCc1cscn1. The number of carbonyl (C=O) groups is 1. The molecule has 0 atom stereocenters. The minimum atomic E-state index is -0.239. The number of aromatic nitrogens is 2. The molecule has 0 aliphatic heterocycles. The highest BCUT2D eigenvalue weighted by Gasteiger charge is 2.17. The van der Waals surface area contributed by atoms with Crippen LogP contribution >= 0.6 is 22.9 Å². The molecule has 0 radical (unpaired) electrons. The van der Waals surface area contributed by atoms with Crippen molar-refractivity contribution in [3.63, 3.8) is 0 Å². The lowest BCUT2D eigenvalue weighted by Gasteiger charge is -2.04. The summed E-state index contributed by atoms with van der Waals surface area (Å²) in [6, 6.07) is 0. The van der Waals surface area contributed by atoms with Gasteiger partial charge >= 0.3 is 0 Å². The number of anilines is 2. The van der Waals surface area contributed by atoms with E-state index in [1.165, 1.54) is 22.9 Å². The number of carbonyl (C=O) groups excluding carboxylic acids is 1. The van der Waals surface area contributed by atoms with Crippen molar-refractivity contribution in [2.24, 2.45) is 0 Å². The lowest BCUT2D eigenvalue weighted by Crippen LogP contribution is -2.20. The number of nitrogens with zero attached hydrogens (tertiary/aromatic N) is 2. The number of nitrogens with one attached hydrogen (secondary N) is 2. The predicted molar refractivity (Wildman–Crippen MR) is 69.4 cm³/mol. The quantitative estimate of drug-likeness (QED) is 0.774. The van der Waals surface area contributed by atoms with Crippen molar-refractivity contribution in [2.45, 2.75) is 6.54 Å². The molecule has 0 bridgehead atoms. The summed E-state index contributed by atoms with van der Waals surface area (Å²) >= 11 is 2.70. The molecule has 2 aromatic rings. The molecule has 1 amide bonds. The minimum absolute atomic E-state index is 0.239. The van der Waals surface area contributed by atoms with Gasteiger partial charge in [0, 0.05) is 12.4 Å². The largest absolute Gasteiger partial charge is 0.382 e. The van der Waals surface area contributed by atoms with E-state index in [4.69, 9.17) is 5.73 Å². The van der Waals surface area contributed by atoms with E-state index in [0.717, 1.165) is 5.69 Å². The lowest BCUT2D eigenvalue weighted by molar-refractivity contribution is 0.0965. The fourth-order valence-corrected chi connectivity index (χ4v) is 2.53. The Morgan fingerprint density at radius 3 is 3.06 bits per heavy atom. The fourth-order valence-electron chi connectivity index (χ4n) is 1.26. The number of amides is 1. The average molecular weight is 269 g/mol. The third-order valence-electron chi connectivity index (χ3n) is 2.09. The van der Waals surface area contributed by atoms with Crippen LogP contribution in [0.25, 0.3) is 0 Å². The number of hydrogen-bond acceptors (Lipinski definition) is 7. The second-order valence-electron chi connectivity index (χ2n) is 3.18. The topological polar surface area (TPSA) is 92.9 Å². The van der Waals surface area contributed by atoms with Crippen LogP contribution < -0.4 is 16.4 Å². The summed E-state index contributed by atoms with van der Waals surface area (Å²) in [6.45, 7) is 0.551. The molecule has 2 heterocycles. The molecule has 2 rings (SSSR count). The van der Waals surface area contributed by atoms with Gasteiger partial charge in [0.25, 0.3) is 5.91 Å². The van der Waals surface area contributed by atoms with Gasteiger partial charge in [-0.1, -0.05) is 0 Å². The van der Waals surface area contributed by atoms with Gasteiger partial charge in [-0.2, -0.15) is 4.37 Å². The standard InChI is InChI=1S/C9H11N5OS2/c1-11-8(15)6-7(10)14-17-9(6)12-2-5-3-16-4-13-5/h3-4,12H,2H2,1H3,(H2,10,14)(H,11,15). The molecule has 0 saturated heterocycles. The van der Waals surface area contributed by atoms with Gasteiger partial charge < -0.3 is 16.4 Å². The molecule has 0 aliphatic carbocycles. The van der Waals surface area contributed by atoms with E-state index in [9.17, 15) is 4.79 Å². The summed E-state index contributed by atoms with van der Waals surface area (Å²) in [5.74, 6) is 0.00663. The van der Waals surface area contributed by atoms with E-state index in [0.29, 0.717) is 17.1 Å². The first-order chi connectivity index (χ1) is 8.22. The van der Waals surface area contributed by atoms with Crippen molar-refractivity contribution in [2.75, 3.05) is 18.1 Å². The normalized spacial score (nSPS) is 10.2. The second kappa shape index (κ2) is 5.11. The van der Waals surface area contributed by atoms with Crippen LogP contribution in [-0.4, -0.2) is 22.3 Å². The molecule has 2 aromatic heterocycles. The molecule has 4 N–H and O–H groups in total. The van der Waals surface area contributed by atoms with Gasteiger partial charge in [0.1, 0.15) is 10.6 Å². The summed E-state index contributed by atoms with van der Waals surface area (Å²) in [5, 5.41) is 8.25. The Morgan fingerprint density at radius 2 is 2.41 bits per heavy atom. The summed E-state index contributed by atoms with van der Waals surface area (Å²) in [7, 11) is 1.56. The fraction of sp³-hybridized carbons (Fsp3) is 0.222. The number of nitrogen functional groups attached to an aromatic ring is 1. The van der Waals surface area contributed by atoms with Crippen LogP contribution in [0.2, 0.25) is 0 Å². The van der Waals surface area contributed by atoms with Crippen molar-refractivity contribution >= 4 is 39.6 Å². The molecular formula is C9H11N5OS2. The van der Waals surface area contributed by atoms with E-state index in [-0.39, 0.29) is 11.7 Å². The predicted octanol–water partition coefficient (Wildman–Crippen LogP) is 1.15. The summed E-state index contributed by atoms with van der Waals surface area (Å²) in [5.41, 5.74) is 8.73. The maximum atomic E-state index is 11.6. The first kappa shape index (κ1) is 11.8. The lowest BCUT2D eigenvalue weighted by atomic mass is 10.3. The summed E-state index contributed by atoms with van der Waals surface area (Å²) < 4.78 is 3.96. The van der Waals surface area contributed by atoms with Gasteiger partial charge in [-0.3, -0.25) is 4.79 Å². The van der Waals surface area contributed by atoms with Crippen molar-refractivity contribution in [3.8, 4) is 0 Å². The smallest absolute Gasteiger partial charge is 0.257 e. The van der Waals surface area contributed by atoms with Crippen LogP contribution in [0.4, 0.5) is 10.8 Å². The molecular weight excluding hydrogens is 258 g/mol. The van der Waals surface area contributed by atoms with Gasteiger partial charge in [-0.05, 0) is 11.5 Å². The molecule has 6 nitrogen and oxygen atoms in total. The Balaban J connectivity index is 2.13. The summed E-state index contributed by atoms with van der Waals surface area (Å²) in [4.78, 5) is 15.7. The molecule has 17 heavy (non-hydrogen) atoms. The van der Waals surface area contributed by atoms with Crippen LogP contribution in [0, 0.1) is 0 Å². The van der Waals surface area contributed by atoms with Gasteiger partial charge in [-0.25, -0.2) is 4.98 Å². The third kappa shape index (κ3) is 2.53. The zero-order valence-corrected chi connectivity index (χ0v) is 10.7. The van der Waals surface area contributed by atoms with E-state index >= 15 is 0 Å². The Bertz CT molecular complexity index is 507. The Morgan fingerprint density at radius 1 is 1.59 bits per heavy atom. The first-order valence-corrected chi connectivity index (χ1v) is 6.52. The number of rotatable bonds is 4. The van der Waals surface area contributed by atoms with Crippen LogP contribution in [0.1, 0.15) is 16.1 Å². The highest BCUT2D eigenvalue weighted by atomic mass is 32.1. The molecule has 0 aromatic carbocycles. The van der Waals surface area contributed by atoms with E-state index in [1.54, 1.807) is 12.6 Å². The molecule has 0 spiro atoms. The van der Waals surface area contributed by atoms with Crippen molar-refractivity contribution in [3.05, 3.63) is 22.1 Å². The van der Waals surface area contributed by atoms with Crippen molar-refractivity contribution in [1.82, 2.24) is 14.7 Å². The van der Waals surface area contributed by atoms with E-state index in [1.807, 2.05) is 5.38 Å². The molecule has 8 heteroatoms. The zero-order valence-electron chi connectivity index (χ0n) is 9.06. The highest BCUT2D eigenvalue weighted by molar-refractivity contribution is 7.11. The van der Waals surface area contributed by atoms with Gasteiger partial charge in [0.2, 0.25) is 0 Å². The second-order valence-corrected chi connectivity index (χ2v) is 4.68. The minimum Gasteiger partial charge on any atom is -0.382 e. The number of thiazole rings is 1. The van der Waals surface area contributed by atoms with Crippen LogP contribution in [0.3, 0.4) is 0 Å². The number of hydrogen-bond donors (Lipinski definition) is 3. The Labute approximate surface area is 106 Å².